The third-order valence-electron chi connectivity index (χ3n) is 4.87. The van der Waals surface area contributed by atoms with Gasteiger partial charge in [-0.05, 0) is 59.5 Å². The van der Waals surface area contributed by atoms with E-state index in [0.29, 0.717) is 18.5 Å². The van der Waals surface area contributed by atoms with E-state index < -0.39 is 22.0 Å². The van der Waals surface area contributed by atoms with Crippen molar-refractivity contribution >= 4 is 43.5 Å². The Bertz CT molecular complexity index is 1060. The minimum absolute atomic E-state index is 0.0448. The van der Waals surface area contributed by atoms with E-state index in [2.05, 4.69) is 26.0 Å². The fraction of sp³-hybridized carbons (Fsp3) is 0.368. The second-order valence-electron chi connectivity index (χ2n) is 6.91. The molecule has 10 heteroatoms. The first-order valence-corrected chi connectivity index (χ1v) is 11.2. The fourth-order valence-corrected chi connectivity index (χ4v) is 5.67. The Labute approximate surface area is 178 Å². The lowest BCUT2D eigenvalue weighted by atomic mass is 10.2. The number of carbonyl (C=O) groups is 2. The highest BCUT2D eigenvalue weighted by molar-refractivity contribution is 9.10. The average Bonchev–Trinajstić information content (AvgIpc) is 3.31. The first-order valence-electron chi connectivity index (χ1n) is 8.98. The van der Waals surface area contributed by atoms with Gasteiger partial charge in [0.1, 0.15) is 16.6 Å². The molecule has 1 fully saturated rings. The molecular weight excluding hydrogens is 462 g/mol. The summed E-state index contributed by atoms with van der Waals surface area (Å²) in [6, 6.07) is 5.95. The maximum Gasteiger partial charge on any atom is 0.354 e. The highest BCUT2D eigenvalue weighted by Gasteiger charge is 2.40. The van der Waals surface area contributed by atoms with Crippen LogP contribution in [0.25, 0.3) is 0 Å². The van der Waals surface area contributed by atoms with Gasteiger partial charge in [0.05, 0.1) is 12.8 Å². The Kier molecular flexibility index (Phi) is 6.16. The van der Waals surface area contributed by atoms with E-state index in [9.17, 15) is 18.0 Å². The maximum absolute atomic E-state index is 13.2. The van der Waals surface area contributed by atoms with E-state index in [1.807, 2.05) is 19.1 Å². The third-order valence-corrected chi connectivity index (χ3v) is 7.40. The van der Waals surface area contributed by atoms with Crippen molar-refractivity contribution in [2.24, 2.45) is 7.05 Å². The standard InChI is InChI=1S/C19H22BrN3O5S/c1-12-6-7-15(14(20)9-12)21-18(24)16-5-4-8-23(16)29(26,27)13-10-17(19(25)28-3)22(2)11-13/h6-7,9-11,16H,4-5,8H2,1-3H3,(H,21,24)/t16-/m1/s1. The van der Waals surface area contributed by atoms with Crippen molar-refractivity contribution in [3.8, 4) is 0 Å². The molecule has 1 aromatic heterocycles. The number of esters is 1. The second-order valence-corrected chi connectivity index (χ2v) is 9.65. The first kappa shape index (κ1) is 21.5. The summed E-state index contributed by atoms with van der Waals surface area (Å²) >= 11 is 3.41. The third kappa shape index (κ3) is 4.24. The molecule has 2 heterocycles. The van der Waals surface area contributed by atoms with E-state index in [1.165, 1.54) is 28.2 Å². The van der Waals surface area contributed by atoms with Crippen LogP contribution < -0.4 is 5.32 Å². The number of hydrogen-bond donors (Lipinski definition) is 1. The molecule has 0 aliphatic carbocycles. The Hall–Kier alpha value is -2.17. The van der Waals surface area contributed by atoms with Crippen molar-refractivity contribution in [1.82, 2.24) is 8.87 Å². The summed E-state index contributed by atoms with van der Waals surface area (Å²) < 4.78 is 34.3. The zero-order chi connectivity index (χ0) is 21.3. The predicted molar refractivity (Wildman–Crippen MR) is 111 cm³/mol. The van der Waals surface area contributed by atoms with Crippen molar-refractivity contribution in [1.29, 1.82) is 0 Å². The predicted octanol–water partition coefficient (Wildman–Crippen LogP) is 2.67. The highest BCUT2D eigenvalue weighted by Crippen LogP contribution is 2.29. The topological polar surface area (TPSA) is 97.7 Å². The summed E-state index contributed by atoms with van der Waals surface area (Å²) in [6.45, 7) is 2.17. The van der Waals surface area contributed by atoms with Crippen LogP contribution in [0.1, 0.15) is 28.9 Å². The number of hydrogen-bond acceptors (Lipinski definition) is 5. The van der Waals surface area contributed by atoms with Crippen LogP contribution in [-0.4, -0.2) is 48.9 Å². The van der Waals surface area contributed by atoms with E-state index in [0.717, 1.165) is 10.0 Å². The summed E-state index contributed by atoms with van der Waals surface area (Å²) in [6.07, 6.45) is 2.35. The number of benzene rings is 1. The molecular formula is C19H22BrN3O5S. The molecule has 2 aromatic rings. The lowest BCUT2D eigenvalue weighted by Gasteiger charge is -2.23. The van der Waals surface area contributed by atoms with Crippen LogP contribution in [0, 0.1) is 6.92 Å². The van der Waals surface area contributed by atoms with Gasteiger partial charge in [0, 0.05) is 24.3 Å². The average molecular weight is 484 g/mol. The highest BCUT2D eigenvalue weighted by atomic mass is 79.9. The largest absolute Gasteiger partial charge is 0.464 e. The molecule has 3 rings (SSSR count). The molecule has 1 saturated heterocycles. The summed E-state index contributed by atoms with van der Waals surface area (Å²) in [5, 5.41) is 2.81. The molecule has 0 unspecified atom stereocenters. The lowest BCUT2D eigenvalue weighted by molar-refractivity contribution is -0.119. The molecule has 0 saturated carbocycles. The molecule has 0 radical (unpaired) electrons. The van der Waals surface area contributed by atoms with Gasteiger partial charge in [-0.2, -0.15) is 4.31 Å². The van der Waals surface area contributed by atoms with E-state index in [-0.39, 0.29) is 23.0 Å². The number of anilines is 1. The van der Waals surface area contributed by atoms with Gasteiger partial charge in [-0.25, -0.2) is 13.2 Å². The Balaban J connectivity index is 1.85. The molecule has 1 amide bonds. The minimum atomic E-state index is -3.95. The van der Waals surface area contributed by atoms with Crippen molar-refractivity contribution in [2.45, 2.75) is 30.7 Å². The van der Waals surface area contributed by atoms with Gasteiger partial charge in [-0.1, -0.05) is 6.07 Å². The van der Waals surface area contributed by atoms with Gasteiger partial charge >= 0.3 is 5.97 Å². The van der Waals surface area contributed by atoms with Crippen LogP contribution in [0.4, 0.5) is 5.69 Å². The van der Waals surface area contributed by atoms with Crippen LogP contribution in [0.2, 0.25) is 0 Å². The summed E-state index contributed by atoms with van der Waals surface area (Å²) in [5.41, 5.74) is 1.73. The summed E-state index contributed by atoms with van der Waals surface area (Å²) in [4.78, 5) is 24.6. The number of nitrogens with one attached hydrogen (secondary N) is 1. The molecule has 29 heavy (non-hydrogen) atoms. The molecule has 0 spiro atoms. The van der Waals surface area contributed by atoms with Gasteiger partial charge in [0.15, 0.2) is 0 Å². The minimum Gasteiger partial charge on any atom is -0.464 e. The number of halogens is 1. The molecule has 1 aliphatic rings. The molecule has 8 nitrogen and oxygen atoms in total. The van der Waals surface area contributed by atoms with E-state index in [4.69, 9.17) is 0 Å². The van der Waals surface area contributed by atoms with Gasteiger partial charge < -0.3 is 14.6 Å². The molecule has 156 valence electrons. The molecule has 0 bridgehead atoms. The zero-order valence-electron chi connectivity index (χ0n) is 16.3. The SMILES string of the molecule is COC(=O)c1cc(S(=O)(=O)N2CCC[C@@H]2C(=O)Nc2ccc(C)cc2Br)cn1C. The van der Waals surface area contributed by atoms with Crippen LogP contribution in [0.15, 0.2) is 39.8 Å². The van der Waals surface area contributed by atoms with Crippen LogP contribution in [-0.2, 0) is 26.6 Å². The summed E-state index contributed by atoms with van der Waals surface area (Å²) in [5.74, 6) is -1.02. The maximum atomic E-state index is 13.2. The molecule has 1 aliphatic heterocycles. The van der Waals surface area contributed by atoms with Gasteiger partial charge in [-0.15, -0.1) is 0 Å². The van der Waals surface area contributed by atoms with Crippen molar-refractivity contribution in [2.75, 3.05) is 19.0 Å². The summed E-state index contributed by atoms with van der Waals surface area (Å²) in [7, 11) is -1.16. The number of methoxy groups -OCH3 is 1. The fourth-order valence-electron chi connectivity index (χ4n) is 3.35. The number of amides is 1. The number of rotatable bonds is 5. The Morgan fingerprint density at radius 2 is 2.00 bits per heavy atom. The normalized spacial score (nSPS) is 17.3. The Morgan fingerprint density at radius 3 is 2.66 bits per heavy atom. The molecule has 1 atom stereocenters. The number of ether oxygens (including phenoxy) is 1. The van der Waals surface area contributed by atoms with E-state index in [1.54, 1.807) is 13.1 Å². The van der Waals surface area contributed by atoms with Crippen LogP contribution >= 0.6 is 15.9 Å². The van der Waals surface area contributed by atoms with E-state index >= 15 is 0 Å². The number of aromatic nitrogens is 1. The lowest BCUT2D eigenvalue weighted by Crippen LogP contribution is -2.43. The first-order chi connectivity index (χ1) is 13.6. The van der Waals surface area contributed by atoms with Gasteiger partial charge in [-0.3, -0.25) is 4.79 Å². The number of carbonyl (C=O) groups excluding carboxylic acids is 2. The van der Waals surface area contributed by atoms with Crippen molar-refractivity contribution in [3.05, 3.63) is 46.2 Å². The van der Waals surface area contributed by atoms with Crippen LogP contribution in [0.5, 0.6) is 0 Å². The zero-order valence-corrected chi connectivity index (χ0v) is 18.7. The smallest absolute Gasteiger partial charge is 0.354 e. The van der Waals surface area contributed by atoms with Crippen molar-refractivity contribution in [3.63, 3.8) is 0 Å². The Morgan fingerprint density at radius 1 is 1.28 bits per heavy atom. The van der Waals surface area contributed by atoms with Gasteiger partial charge in [0.2, 0.25) is 15.9 Å². The molecule has 1 N–H and O–H groups in total. The quantitative estimate of drug-likeness (QED) is 0.659. The van der Waals surface area contributed by atoms with Crippen molar-refractivity contribution < 1.29 is 22.7 Å². The molecule has 1 aromatic carbocycles. The van der Waals surface area contributed by atoms with Gasteiger partial charge in [0.25, 0.3) is 0 Å². The number of aryl methyl sites for hydroxylation is 2. The number of nitrogens with zero attached hydrogens (tertiary/aromatic N) is 2. The number of sulfonamides is 1. The second kappa shape index (κ2) is 8.29. The van der Waals surface area contributed by atoms with Crippen LogP contribution in [0.3, 0.4) is 0 Å². The monoisotopic (exact) mass is 483 g/mol.